The molecule has 0 aromatic heterocycles. The van der Waals surface area contributed by atoms with Gasteiger partial charge in [0.2, 0.25) is 0 Å². The molecule has 0 aliphatic carbocycles. The largest absolute Gasteiger partial charge is 0.380 e. The van der Waals surface area contributed by atoms with E-state index in [9.17, 15) is 4.79 Å². The summed E-state index contributed by atoms with van der Waals surface area (Å²) in [5.41, 5.74) is 6.03. The Morgan fingerprint density at radius 3 is 2.12 bits per heavy atom. The topological polar surface area (TPSA) is 73.8 Å². The minimum absolute atomic E-state index is 0.102. The van der Waals surface area contributed by atoms with Crippen LogP contribution in [-0.2, 0) is 11.3 Å². The van der Waals surface area contributed by atoms with Crippen LogP contribution in [-0.4, -0.2) is 49.4 Å². The number of methoxy groups -OCH3 is 1. The second-order valence-corrected chi connectivity index (χ2v) is 6.26. The van der Waals surface area contributed by atoms with Crippen molar-refractivity contribution in [2.45, 2.75) is 25.7 Å². The number of ether oxygens (including phenoxy) is 1. The number of carbonyl (C=O) groups excluding carboxylic acids is 1. The van der Waals surface area contributed by atoms with Crippen LogP contribution in [0.5, 0.6) is 0 Å². The predicted molar refractivity (Wildman–Crippen MR) is 102 cm³/mol. The van der Waals surface area contributed by atoms with E-state index in [1.807, 2.05) is 55.5 Å². The minimum atomic E-state index is -0.408. The van der Waals surface area contributed by atoms with E-state index in [0.717, 1.165) is 16.7 Å². The van der Waals surface area contributed by atoms with E-state index in [-0.39, 0.29) is 11.9 Å². The van der Waals surface area contributed by atoms with Crippen LogP contribution >= 0.6 is 0 Å². The van der Waals surface area contributed by atoms with E-state index < -0.39 is 6.17 Å². The summed E-state index contributed by atoms with van der Waals surface area (Å²) in [6.45, 7) is 2.45. The maximum atomic E-state index is 12.7. The highest BCUT2D eigenvalue weighted by atomic mass is 16.5. The van der Waals surface area contributed by atoms with E-state index in [1.165, 1.54) is 0 Å². The quantitative estimate of drug-likeness (QED) is 0.500. The van der Waals surface area contributed by atoms with Crippen LogP contribution in [0.2, 0.25) is 0 Å². The molecule has 2 aromatic rings. The Labute approximate surface area is 154 Å². The van der Waals surface area contributed by atoms with Gasteiger partial charge in [0.05, 0.1) is 12.6 Å². The molecule has 2 atom stereocenters. The summed E-state index contributed by atoms with van der Waals surface area (Å²) in [6.07, 6.45) is -0.408. The Morgan fingerprint density at radius 1 is 1.12 bits per heavy atom. The summed E-state index contributed by atoms with van der Waals surface area (Å²) in [6, 6.07) is 15.5. The molecule has 1 amide bonds. The zero-order valence-corrected chi connectivity index (χ0v) is 15.7. The van der Waals surface area contributed by atoms with E-state index in [1.54, 1.807) is 26.1 Å². The van der Waals surface area contributed by atoms with Gasteiger partial charge in [-0.2, -0.15) is 5.48 Å². The number of amides is 1. The van der Waals surface area contributed by atoms with Crippen molar-refractivity contribution >= 4 is 5.91 Å². The lowest BCUT2D eigenvalue weighted by atomic mass is 10.0. The zero-order valence-electron chi connectivity index (χ0n) is 15.7. The van der Waals surface area contributed by atoms with E-state index in [4.69, 9.17) is 9.94 Å². The third-order valence-corrected chi connectivity index (χ3v) is 4.59. The van der Waals surface area contributed by atoms with Crippen LogP contribution < -0.4 is 10.8 Å². The molecule has 6 heteroatoms. The normalized spacial score (nSPS) is 13.3. The monoisotopic (exact) mass is 357 g/mol. The molecule has 6 nitrogen and oxygen atoms in total. The van der Waals surface area contributed by atoms with Crippen molar-refractivity contribution in [3.05, 3.63) is 59.7 Å². The molecular formula is C20H27N3O3. The molecule has 140 valence electrons. The molecule has 0 radical (unpaired) electrons. The number of rotatable bonds is 8. The maximum Gasteiger partial charge on any atom is 0.253 e. The summed E-state index contributed by atoms with van der Waals surface area (Å²) >= 11 is 0. The van der Waals surface area contributed by atoms with Crippen molar-refractivity contribution in [3.8, 4) is 11.1 Å². The lowest BCUT2D eigenvalue weighted by molar-refractivity contribution is 0.0493. The van der Waals surface area contributed by atoms with Crippen molar-refractivity contribution in [2.24, 2.45) is 0 Å². The van der Waals surface area contributed by atoms with Crippen LogP contribution in [0, 0.1) is 0 Å². The fourth-order valence-electron chi connectivity index (χ4n) is 2.79. The van der Waals surface area contributed by atoms with Gasteiger partial charge in [-0.1, -0.05) is 36.4 Å². The van der Waals surface area contributed by atoms with Gasteiger partial charge in [0.25, 0.3) is 5.91 Å². The molecule has 0 aliphatic heterocycles. The van der Waals surface area contributed by atoms with Gasteiger partial charge in [-0.15, -0.1) is 0 Å². The molecule has 3 N–H and O–H groups in total. The van der Waals surface area contributed by atoms with Crippen LogP contribution in [0.25, 0.3) is 11.1 Å². The number of carbonyl (C=O) groups is 1. The summed E-state index contributed by atoms with van der Waals surface area (Å²) in [7, 11) is 5.11. The highest BCUT2D eigenvalue weighted by molar-refractivity contribution is 5.94. The molecule has 0 heterocycles. The molecule has 0 spiro atoms. The average Bonchev–Trinajstić information content (AvgIpc) is 2.68. The molecule has 0 aliphatic rings. The average molecular weight is 357 g/mol. The molecule has 0 saturated heterocycles. The van der Waals surface area contributed by atoms with Crippen molar-refractivity contribution in [1.82, 2.24) is 15.7 Å². The third kappa shape index (κ3) is 4.68. The zero-order chi connectivity index (χ0) is 19.1. The third-order valence-electron chi connectivity index (χ3n) is 4.59. The van der Waals surface area contributed by atoms with Crippen molar-refractivity contribution in [1.29, 1.82) is 0 Å². The minimum Gasteiger partial charge on any atom is -0.380 e. The smallest absolute Gasteiger partial charge is 0.253 e. The summed E-state index contributed by atoms with van der Waals surface area (Å²) < 4.78 is 5.12. The molecule has 0 bridgehead atoms. The van der Waals surface area contributed by atoms with Gasteiger partial charge in [0.1, 0.15) is 6.17 Å². The van der Waals surface area contributed by atoms with Gasteiger partial charge in [-0.25, -0.2) is 0 Å². The summed E-state index contributed by atoms with van der Waals surface area (Å²) in [4.78, 5) is 14.3. The first-order valence-corrected chi connectivity index (χ1v) is 8.54. The predicted octanol–water partition coefficient (Wildman–Crippen LogP) is 2.48. The second kappa shape index (κ2) is 9.45. The number of hydroxylamine groups is 1. The lowest BCUT2D eigenvalue weighted by Gasteiger charge is -2.31. The Bertz CT molecular complexity index is 697. The van der Waals surface area contributed by atoms with Gasteiger partial charge in [0, 0.05) is 19.7 Å². The fraction of sp³-hybridized carbons (Fsp3) is 0.350. The first-order chi connectivity index (χ1) is 12.5. The molecule has 2 unspecified atom stereocenters. The van der Waals surface area contributed by atoms with Crippen LogP contribution in [0.3, 0.4) is 0 Å². The number of likely N-dealkylation sites (N-methyl/N-ethyl adjacent to an activating group) is 2. The Balaban J connectivity index is 2.11. The van der Waals surface area contributed by atoms with Gasteiger partial charge >= 0.3 is 0 Å². The van der Waals surface area contributed by atoms with Gasteiger partial charge in [-0.05, 0) is 42.8 Å². The maximum absolute atomic E-state index is 12.7. The molecule has 0 saturated carbocycles. The lowest BCUT2D eigenvalue weighted by Crippen LogP contribution is -2.54. The summed E-state index contributed by atoms with van der Waals surface area (Å²) in [5, 5.41) is 12.1. The van der Waals surface area contributed by atoms with Crippen molar-refractivity contribution in [2.75, 3.05) is 21.2 Å². The van der Waals surface area contributed by atoms with Gasteiger partial charge in [0.15, 0.2) is 0 Å². The first-order valence-electron chi connectivity index (χ1n) is 8.54. The van der Waals surface area contributed by atoms with Crippen molar-refractivity contribution < 1.29 is 14.7 Å². The molecular weight excluding hydrogens is 330 g/mol. The van der Waals surface area contributed by atoms with E-state index in [0.29, 0.717) is 12.2 Å². The fourth-order valence-corrected chi connectivity index (χ4v) is 2.79. The number of nitrogens with one attached hydrogen (secondary N) is 2. The Hall–Kier alpha value is -2.25. The number of nitrogens with zero attached hydrogens (tertiary/aromatic N) is 1. The molecule has 2 rings (SSSR count). The van der Waals surface area contributed by atoms with Crippen molar-refractivity contribution in [3.63, 3.8) is 0 Å². The molecule has 2 aromatic carbocycles. The highest BCUT2D eigenvalue weighted by Gasteiger charge is 2.23. The van der Waals surface area contributed by atoms with E-state index >= 15 is 0 Å². The first kappa shape index (κ1) is 20.1. The second-order valence-electron chi connectivity index (χ2n) is 6.26. The van der Waals surface area contributed by atoms with Crippen LogP contribution in [0.4, 0.5) is 0 Å². The van der Waals surface area contributed by atoms with Crippen LogP contribution in [0.1, 0.15) is 22.8 Å². The molecule has 26 heavy (non-hydrogen) atoms. The number of hydrogen-bond donors (Lipinski definition) is 3. The number of hydrogen-bond acceptors (Lipinski definition) is 5. The Morgan fingerprint density at radius 2 is 1.65 bits per heavy atom. The van der Waals surface area contributed by atoms with Crippen LogP contribution in [0.15, 0.2) is 48.5 Å². The Kier molecular flexibility index (Phi) is 7.29. The van der Waals surface area contributed by atoms with Gasteiger partial charge in [-0.3, -0.25) is 4.79 Å². The van der Waals surface area contributed by atoms with E-state index in [2.05, 4.69) is 10.8 Å². The number of benzene rings is 2. The SMILES string of the molecule is CNC(NO)C(C)N(C)C(=O)c1ccc(-c2ccc(COC)cc2)cc1. The molecule has 0 fully saturated rings. The standard InChI is InChI=1S/C20H27N3O3/c1-14(19(21-2)22-25)23(3)20(24)18-11-9-17(10-12-18)16-7-5-15(6-8-16)13-26-4/h5-12,14,19,21-22,25H,13H2,1-4H3. The summed E-state index contributed by atoms with van der Waals surface area (Å²) in [5.74, 6) is -0.102. The highest BCUT2D eigenvalue weighted by Crippen LogP contribution is 2.21. The van der Waals surface area contributed by atoms with Gasteiger partial charge < -0.3 is 20.2 Å².